The third-order valence-electron chi connectivity index (χ3n) is 4.26. The zero-order valence-electron chi connectivity index (χ0n) is 16.4. The van der Waals surface area contributed by atoms with Crippen molar-refractivity contribution in [3.8, 4) is 11.4 Å². The van der Waals surface area contributed by atoms with E-state index in [0.717, 1.165) is 6.42 Å². The van der Waals surface area contributed by atoms with E-state index in [1.54, 1.807) is 50.6 Å². The average molecular weight is 413 g/mol. The lowest BCUT2D eigenvalue weighted by Gasteiger charge is -2.13. The van der Waals surface area contributed by atoms with Crippen molar-refractivity contribution < 1.29 is 14.3 Å². The highest BCUT2D eigenvalue weighted by Crippen LogP contribution is 2.22. The number of aromatic nitrogens is 2. The third-order valence-corrected chi connectivity index (χ3v) is 5.19. The van der Waals surface area contributed by atoms with Gasteiger partial charge in [-0.3, -0.25) is 14.2 Å². The van der Waals surface area contributed by atoms with E-state index in [1.807, 2.05) is 12.1 Å². The first-order valence-electron chi connectivity index (χ1n) is 9.18. The minimum absolute atomic E-state index is 0.116. The standard InChI is InChI=1S/C21H23N3O4S/c1-27-13-5-12-22-19(25)14-29-21-23-18-7-4-3-6-17(18)20(26)24(21)15-8-10-16(28-2)11-9-15/h3-4,6-11H,5,12-14H2,1-2H3,(H,22,25). The van der Waals surface area contributed by atoms with E-state index in [1.165, 1.54) is 16.3 Å². The summed E-state index contributed by atoms with van der Waals surface area (Å²) >= 11 is 1.23. The maximum Gasteiger partial charge on any atom is 0.266 e. The minimum atomic E-state index is -0.177. The van der Waals surface area contributed by atoms with Crippen LogP contribution in [0.2, 0.25) is 0 Å². The number of thioether (sulfide) groups is 1. The lowest BCUT2D eigenvalue weighted by molar-refractivity contribution is -0.118. The zero-order valence-corrected chi connectivity index (χ0v) is 17.2. The van der Waals surface area contributed by atoms with Gasteiger partial charge in [0, 0.05) is 20.3 Å². The van der Waals surface area contributed by atoms with Crippen LogP contribution in [0.1, 0.15) is 6.42 Å². The van der Waals surface area contributed by atoms with Gasteiger partial charge in [0.05, 0.1) is 29.5 Å². The number of carbonyl (C=O) groups excluding carboxylic acids is 1. The molecule has 0 aliphatic carbocycles. The number of ether oxygens (including phenoxy) is 2. The molecule has 0 spiro atoms. The zero-order chi connectivity index (χ0) is 20.6. The molecule has 0 aliphatic heterocycles. The molecule has 3 aromatic rings. The fraction of sp³-hybridized carbons (Fsp3) is 0.286. The van der Waals surface area contributed by atoms with Crippen molar-refractivity contribution in [1.29, 1.82) is 0 Å². The Balaban J connectivity index is 1.90. The van der Waals surface area contributed by atoms with E-state index in [4.69, 9.17) is 9.47 Å². The van der Waals surface area contributed by atoms with Crippen LogP contribution in [-0.4, -0.2) is 48.6 Å². The predicted octanol–water partition coefficient (Wildman–Crippen LogP) is 2.64. The van der Waals surface area contributed by atoms with Gasteiger partial charge in [-0.2, -0.15) is 0 Å². The van der Waals surface area contributed by atoms with Gasteiger partial charge in [-0.25, -0.2) is 4.98 Å². The number of para-hydroxylation sites is 1. The van der Waals surface area contributed by atoms with E-state index in [0.29, 0.717) is 40.6 Å². The van der Waals surface area contributed by atoms with E-state index >= 15 is 0 Å². The monoisotopic (exact) mass is 413 g/mol. The first-order chi connectivity index (χ1) is 14.1. The molecular formula is C21H23N3O4S. The number of fused-ring (bicyclic) bond motifs is 1. The smallest absolute Gasteiger partial charge is 0.266 e. The van der Waals surface area contributed by atoms with Crippen molar-refractivity contribution in [3.63, 3.8) is 0 Å². The Hall–Kier alpha value is -2.84. The van der Waals surface area contributed by atoms with Crippen molar-refractivity contribution in [2.75, 3.05) is 33.1 Å². The second-order valence-corrected chi connectivity index (χ2v) is 7.18. The van der Waals surface area contributed by atoms with Crippen LogP contribution in [0.5, 0.6) is 5.75 Å². The van der Waals surface area contributed by atoms with E-state index in [-0.39, 0.29) is 17.2 Å². The van der Waals surface area contributed by atoms with Crippen LogP contribution in [-0.2, 0) is 9.53 Å². The molecule has 1 N–H and O–H groups in total. The molecule has 3 rings (SSSR count). The Labute approximate surface area is 173 Å². The molecule has 1 aromatic heterocycles. The van der Waals surface area contributed by atoms with Gasteiger partial charge in [0.1, 0.15) is 5.75 Å². The van der Waals surface area contributed by atoms with Crippen LogP contribution >= 0.6 is 11.8 Å². The van der Waals surface area contributed by atoms with Gasteiger partial charge in [0.2, 0.25) is 5.91 Å². The predicted molar refractivity (Wildman–Crippen MR) is 114 cm³/mol. The summed E-state index contributed by atoms with van der Waals surface area (Å²) in [5.74, 6) is 0.739. The van der Waals surface area contributed by atoms with E-state index in [2.05, 4.69) is 10.3 Å². The van der Waals surface area contributed by atoms with E-state index < -0.39 is 0 Å². The first kappa shape index (κ1) is 20.9. The Kier molecular flexibility index (Phi) is 7.26. The topological polar surface area (TPSA) is 82.5 Å². The first-order valence-corrected chi connectivity index (χ1v) is 10.2. The Morgan fingerprint density at radius 1 is 1.14 bits per heavy atom. The molecule has 8 heteroatoms. The van der Waals surface area contributed by atoms with Gasteiger partial charge in [0.25, 0.3) is 5.56 Å². The largest absolute Gasteiger partial charge is 0.497 e. The van der Waals surface area contributed by atoms with Crippen molar-refractivity contribution in [3.05, 3.63) is 58.9 Å². The average Bonchev–Trinajstić information content (AvgIpc) is 2.75. The number of amides is 1. The number of hydrogen-bond acceptors (Lipinski definition) is 6. The highest BCUT2D eigenvalue weighted by atomic mass is 32.2. The van der Waals surface area contributed by atoms with Crippen LogP contribution in [0.15, 0.2) is 58.5 Å². The molecule has 1 amide bonds. The lowest BCUT2D eigenvalue weighted by atomic mass is 10.2. The van der Waals surface area contributed by atoms with E-state index in [9.17, 15) is 9.59 Å². The van der Waals surface area contributed by atoms with Gasteiger partial charge in [-0.15, -0.1) is 0 Å². The SMILES string of the molecule is COCCCNC(=O)CSc1nc2ccccc2c(=O)n1-c1ccc(OC)cc1. The Bertz CT molecular complexity index is 1030. The molecular weight excluding hydrogens is 390 g/mol. The molecule has 29 heavy (non-hydrogen) atoms. The molecule has 152 valence electrons. The molecule has 0 radical (unpaired) electrons. The number of nitrogens with zero attached hydrogens (tertiary/aromatic N) is 2. The second-order valence-electron chi connectivity index (χ2n) is 6.24. The molecule has 0 unspecified atom stereocenters. The summed E-state index contributed by atoms with van der Waals surface area (Å²) in [7, 11) is 3.22. The maximum atomic E-state index is 13.2. The fourth-order valence-corrected chi connectivity index (χ4v) is 3.64. The van der Waals surface area contributed by atoms with Gasteiger partial charge in [-0.05, 0) is 42.8 Å². The van der Waals surface area contributed by atoms with Crippen LogP contribution in [0.25, 0.3) is 16.6 Å². The summed E-state index contributed by atoms with van der Waals surface area (Å²) in [6.45, 7) is 1.14. The number of rotatable bonds is 9. The van der Waals surface area contributed by atoms with Gasteiger partial charge >= 0.3 is 0 Å². The summed E-state index contributed by atoms with van der Waals surface area (Å²) in [5, 5.41) is 3.83. The highest BCUT2D eigenvalue weighted by molar-refractivity contribution is 7.99. The summed E-state index contributed by atoms with van der Waals surface area (Å²) in [4.78, 5) is 29.9. The van der Waals surface area contributed by atoms with Gasteiger partial charge in [-0.1, -0.05) is 23.9 Å². The number of nitrogens with one attached hydrogen (secondary N) is 1. The van der Waals surface area contributed by atoms with Crippen LogP contribution in [0.3, 0.4) is 0 Å². The molecule has 0 fully saturated rings. The van der Waals surface area contributed by atoms with Gasteiger partial charge < -0.3 is 14.8 Å². The van der Waals surface area contributed by atoms with Crippen molar-refractivity contribution in [1.82, 2.24) is 14.9 Å². The van der Waals surface area contributed by atoms with Crippen molar-refractivity contribution in [2.24, 2.45) is 0 Å². The number of methoxy groups -OCH3 is 2. The number of benzene rings is 2. The quantitative estimate of drug-likeness (QED) is 0.330. The van der Waals surface area contributed by atoms with Crippen LogP contribution in [0.4, 0.5) is 0 Å². The second kappa shape index (κ2) is 10.1. The fourth-order valence-electron chi connectivity index (χ4n) is 2.79. The molecule has 0 saturated heterocycles. The normalized spacial score (nSPS) is 10.8. The highest BCUT2D eigenvalue weighted by Gasteiger charge is 2.14. The lowest BCUT2D eigenvalue weighted by Crippen LogP contribution is -2.28. The molecule has 7 nitrogen and oxygen atoms in total. The molecule has 0 bridgehead atoms. The number of carbonyl (C=O) groups is 1. The number of hydrogen-bond donors (Lipinski definition) is 1. The molecule has 1 heterocycles. The maximum absolute atomic E-state index is 13.2. The summed E-state index contributed by atoms with van der Waals surface area (Å²) in [5.41, 5.74) is 1.09. The Morgan fingerprint density at radius 3 is 2.62 bits per heavy atom. The molecule has 0 atom stereocenters. The third kappa shape index (κ3) is 5.16. The summed E-state index contributed by atoms with van der Waals surface area (Å²) in [6.07, 6.45) is 0.748. The van der Waals surface area contributed by atoms with Crippen molar-refractivity contribution >= 4 is 28.6 Å². The summed E-state index contributed by atoms with van der Waals surface area (Å²) in [6, 6.07) is 14.4. The van der Waals surface area contributed by atoms with Crippen molar-refractivity contribution in [2.45, 2.75) is 11.6 Å². The van der Waals surface area contributed by atoms with Gasteiger partial charge in [0.15, 0.2) is 5.16 Å². The Morgan fingerprint density at radius 2 is 1.90 bits per heavy atom. The van der Waals surface area contributed by atoms with Crippen LogP contribution < -0.4 is 15.6 Å². The molecule has 2 aromatic carbocycles. The molecule has 0 aliphatic rings. The summed E-state index contributed by atoms with van der Waals surface area (Å²) < 4.78 is 11.7. The molecule has 0 saturated carbocycles. The minimum Gasteiger partial charge on any atom is -0.497 e. The van der Waals surface area contributed by atoms with Crippen LogP contribution in [0, 0.1) is 0 Å².